The van der Waals surface area contributed by atoms with Gasteiger partial charge in [0.25, 0.3) is 0 Å². The summed E-state index contributed by atoms with van der Waals surface area (Å²) in [7, 11) is 0. The van der Waals surface area contributed by atoms with Gasteiger partial charge in [0.2, 0.25) is 5.91 Å². The van der Waals surface area contributed by atoms with Gasteiger partial charge in [0.05, 0.1) is 23.0 Å². The number of hydrogen-bond donors (Lipinski definition) is 1. The maximum Gasteiger partial charge on any atom is 0.246 e. The van der Waals surface area contributed by atoms with Crippen LogP contribution in [-0.4, -0.2) is 34.6 Å². The molecule has 1 fully saturated rings. The molecule has 1 aliphatic heterocycles. The maximum absolute atomic E-state index is 11.7. The van der Waals surface area contributed by atoms with Gasteiger partial charge in [-0.25, -0.2) is 0 Å². The molecule has 1 aromatic rings. The summed E-state index contributed by atoms with van der Waals surface area (Å²) in [5.41, 5.74) is -0.671. The Kier molecular flexibility index (Phi) is 3.56. The number of rotatable bonds is 3. The first kappa shape index (κ1) is 12.6. The van der Waals surface area contributed by atoms with E-state index < -0.39 is 5.60 Å². The largest absolute Gasteiger partial charge is 0.386 e. The van der Waals surface area contributed by atoms with Crippen LogP contribution in [0.3, 0.4) is 0 Å². The van der Waals surface area contributed by atoms with Crippen LogP contribution in [0.5, 0.6) is 0 Å². The predicted molar refractivity (Wildman–Crippen MR) is 70.2 cm³/mol. The van der Waals surface area contributed by atoms with Crippen LogP contribution >= 0.6 is 22.9 Å². The van der Waals surface area contributed by atoms with E-state index in [1.807, 2.05) is 13.0 Å². The van der Waals surface area contributed by atoms with Gasteiger partial charge in [-0.1, -0.05) is 18.5 Å². The van der Waals surface area contributed by atoms with E-state index in [4.69, 9.17) is 11.6 Å². The van der Waals surface area contributed by atoms with Crippen LogP contribution in [0, 0.1) is 0 Å². The third-order valence-electron chi connectivity index (χ3n) is 2.92. The molecule has 1 aromatic heterocycles. The molecule has 2 rings (SSSR count). The second-order valence-electron chi connectivity index (χ2n) is 4.25. The van der Waals surface area contributed by atoms with Crippen molar-refractivity contribution < 1.29 is 9.90 Å². The lowest BCUT2D eigenvalue weighted by atomic mass is 9.91. The minimum absolute atomic E-state index is 0.0624. The van der Waals surface area contributed by atoms with Crippen LogP contribution in [0.15, 0.2) is 18.2 Å². The number of halogens is 1. The van der Waals surface area contributed by atoms with E-state index >= 15 is 0 Å². The lowest BCUT2D eigenvalue weighted by Crippen LogP contribution is -2.62. The van der Waals surface area contributed by atoms with E-state index in [1.54, 1.807) is 17.0 Å². The van der Waals surface area contributed by atoms with E-state index in [0.717, 1.165) is 4.88 Å². The SMILES string of the molecule is CCC1(O)CN(C(=O)C=Cc2ccc(Cl)s2)C1. The molecule has 1 saturated heterocycles. The number of aliphatic hydroxyl groups is 1. The van der Waals surface area contributed by atoms with E-state index in [1.165, 1.54) is 17.4 Å². The Morgan fingerprint density at radius 2 is 2.35 bits per heavy atom. The third-order valence-corrected chi connectivity index (χ3v) is 4.12. The Bertz CT molecular complexity index is 449. The monoisotopic (exact) mass is 271 g/mol. The lowest BCUT2D eigenvalue weighted by Gasteiger charge is -2.45. The highest BCUT2D eigenvalue weighted by molar-refractivity contribution is 7.17. The standard InChI is InChI=1S/C12H14ClNO2S/c1-2-12(16)7-14(8-12)11(15)6-4-9-3-5-10(13)17-9/h3-6,16H,2,7-8H2,1H3. The molecule has 0 spiro atoms. The summed E-state index contributed by atoms with van der Waals surface area (Å²) in [6, 6.07) is 3.67. The van der Waals surface area contributed by atoms with Crippen molar-refractivity contribution in [3.63, 3.8) is 0 Å². The lowest BCUT2D eigenvalue weighted by molar-refractivity contribution is -0.150. The first-order valence-corrected chi connectivity index (χ1v) is 6.66. The Balaban J connectivity index is 1.89. The van der Waals surface area contributed by atoms with E-state index in [9.17, 15) is 9.90 Å². The molecule has 0 saturated carbocycles. The van der Waals surface area contributed by atoms with Gasteiger partial charge in [-0.3, -0.25) is 4.79 Å². The number of nitrogens with zero attached hydrogens (tertiary/aromatic N) is 1. The van der Waals surface area contributed by atoms with Crippen molar-refractivity contribution in [2.75, 3.05) is 13.1 Å². The fraction of sp³-hybridized carbons (Fsp3) is 0.417. The fourth-order valence-corrected chi connectivity index (χ4v) is 2.68. The zero-order valence-electron chi connectivity index (χ0n) is 9.52. The van der Waals surface area contributed by atoms with Crippen LogP contribution in [0.4, 0.5) is 0 Å². The van der Waals surface area contributed by atoms with Crippen molar-refractivity contribution in [2.24, 2.45) is 0 Å². The highest BCUT2D eigenvalue weighted by Crippen LogP contribution is 2.25. The predicted octanol–water partition coefficient (Wildman–Crippen LogP) is 2.40. The van der Waals surface area contributed by atoms with Gasteiger partial charge in [0.15, 0.2) is 0 Å². The Hall–Kier alpha value is -0.840. The molecule has 0 bridgehead atoms. The van der Waals surface area contributed by atoms with Gasteiger partial charge in [-0.05, 0) is 24.6 Å². The summed E-state index contributed by atoms with van der Waals surface area (Å²) in [5.74, 6) is -0.0624. The molecular weight excluding hydrogens is 258 g/mol. The van der Waals surface area contributed by atoms with Crippen molar-refractivity contribution in [1.82, 2.24) is 4.90 Å². The van der Waals surface area contributed by atoms with E-state index in [2.05, 4.69) is 0 Å². The smallest absolute Gasteiger partial charge is 0.246 e. The van der Waals surface area contributed by atoms with Gasteiger partial charge < -0.3 is 10.0 Å². The number of β-amino-alcohol motifs (C(OH)–C–C–N with tert-alkyl or cyclic N) is 1. The molecular formula is C12H14ClNO2S. The van der Waals surface area contributed by atoms with Gasteiger partial charge >= 0.3 is 0 Å². The van der Waals surface area contributed by atoms with Gasteiger partial charge in [-0.2, -0.15) is 0 Å². The first-order chi connectivity index (χ1) is 8.02. The Morgan fingerprint density at radius 1 is 1.65 bits per heavy atom. The van der Waals surface area contributed by atoms with E-state index in [0.29, 0.717) is 23.8 Å². The number of amides is 1. The summed E-state index contributed by atoms with van der Waals surface area (Å²) >= 11 is 7.22. The van der Waals surface area contributed by atoms with Crippen LogP contribution in [0.2, 0.25) is 4.34 Å². The number of thiophene rings is 1. The van der Waals surface area contributed by atoms with Crippen molar-refractivity contribution >= 4 is 34.9 Å². The zero-order valence-corrected chi connectivity index (χ0v) is 11.1. The maximum atomic E-state index is 11.7. The molecule has 0 aliphatic carbocycles. The molecule has 0 radical (unpaired) electrons. The molecule has 2 heterocycles. The van der Waals surface area contributed by atoms with E-state index in [-0.39, 0.29) is 5.91 Å². The number of likely N-dealkylation sites (tertiary alicyclic amines) is 1. The second kappa shape index (κ2) is 4.80. The first-order valence-electron chi connectivity index (χ1n) is 5.47. The van der Waals surface area contributed by atoms with Crippen molar-refractivity contribution in [2.45, 2.75) is 18.9 Å². The van der Waals surface area contributed by atoms with Crippen LogP contribution in [0.1, 0.15) is 18.2 Å². The Morgan fingerprint density at radius 3 is 2.88 bits per heavy atom. The minimum atomic E-state index is -0.671. The number of hydrogen-bond acceptors (Lipinski definition) is 3. The van der Waals surface area contributed by atoms with Gasteiger partial charge in [-0.15, -0.1) is 11.3 Å². The number of carbonyl (C=O) groups excluding carboxylic acids is 1. The summed E-state index contributed by atoms with van der Waals surface area (Å²) in [4.78, 5) is 14.3. The summed E-state index contributed by atoms with van der Waals surface area (Å²) in [5, 5.41) is 9.79. The quantitative estimate of drug-likeness (QED) is 0.858. The molecule has 0 unspecified atom stereocenters. The third kappa shape index (κ3) is 2.89. The van der Waals surface area contributed by atoms with Crippen LogP contribution in [0.25, 0.3) is 6.08 Å². The second-order valence-corrected chi connectivity index (χ2v) is 5.99. The Labute approximate surface area is 109 Å². The van der Waals surface area contributed by atoms with Crippen LogP contribution < -0.4 is 0 Å². The van der Waals surface area contributed by atoms with Crippen LogP contribution in [-0.2, 0) is 4.79 Å². The van der Waals surface area contributed by atoms with Gasteiger partial charge in [0.1, 0.15) is 0 Å². The highest BCUT2D eigenvalue weighted by atomic mass is 35.5. The van der Waals surface area contributed by atoms with Gasteiger partial charge in [0, 0.05) is 11.0 Å². The minimum Gasteiger partial charge on any atom is -0.386 e. The molecule has 1 N–H and O–H groups in total. The zero-order chi connectivity index (χ0) is 12.5. The molecule has 3 nitrogen and oxygen atoms in total. The summed E-state index contributed by atoms with van der Waals surface area (Å²) < 4.78 is 0.710. The molecule has 1 aliphatic rings. The van der Waals surface area contributed by atoms with Crippen molar-refractivity contribution in [1.29, 1.82) is 0 Å². The molecule has 0 atom stereocenters. The molecule has 1 amide bonds. The fourth-order valence-electron chi connectivity index (χ4n) is 1.72. The topological polar surface area (TPSA) is 40.5 Å². The molecule has 92 valence electrons. The molecule has 5 heteroatoms. The summed E-state index contributed by atoms with van der Waals surface area (Å²) in [6.07, 6.45) is 3.96. The summed E-state index contributed by atoms with van der Waals surface area (Å²) in [6.45, 7) is 2.78. The van der Waals surface area contributed by atoms with Crippen molar-refractivity contribution in [3.8, 4) is 0 Å². The average Bonchev–Trinajstić information content (AvgIpc) is 2.67. The number of carbonyl (C=O) groups is 1. The normalized spacial score (nSPS) is 18.4. The molecule has 17 heavy (non-hydrogen) atoms. The molecule has 0 aromatic carbocycles. The highest BCUT2D eigenvalue weighted by Gasteiger charge is 2.41. The average molecular weight is 272 g/mol. The van der Waals surface area contributed by atoms with Crippen molar-refractivity contribution in [3.05, 3.63) is 27.4 Å².